The van der Waals surface area contributed by atoms with Crippen LogP contribution in [0.15, 0.2) is 42.7 Å². The molecule has 4 aromatic heterocycles. The summed E-state index contributed by atoms with van der Waals surface area (Å²) in [5.41, 5.74) is 8.03. The van der Waals surface area contributed by atoms with Crippen molar-refractivity contribution in [1.82, 2.24) is 19.9 Å². The molecule has 0 unspecified atom stereocenters. The third kappa shape index (κ3) is 5.73. The summed E-state index contributed by atoms with van der Waals surface area (Å²) in [7, 11) is 0. The Morgan fingerprint density at radius 3 is 2.21 bits per heavy atom. The van der Waals surface area contributed by atoms with Crippen LogP contribution in [-0.2, 0) is 11.8 Å². The average Bonchev–Trinajstić information content (AvgIpc) is 3.52. The van der Waals surface area contributed by atoms with Gasteiger partial charge in [0.1, 0.15) is 28.8 Å². The molecule has 0 saturated heterocycles. The molecule has 0 aliphatic carbocycles. The smallest absolute Gasteiger partial charge is 0.150 e. The molecule has 0 atom stereocenters. The predicted octanol–water partition coefficient (Wildman–Crippen LogP) is 10.2. The molecule has 0 bridgehead atoms. The van der Waals surface area contributed by atoms with Crippen LogP contribution in [0.3, 0.4) is 0 Å². The highest BCUT2D eigenvalue weighted by Gasteiger charge is 2.22. The Kier molecular flexibility index (Phi) is 8.89. The number of aryl methyl sites for hydroxylation is 2. The van der Waals surface area contributed by atoms with Crippen molar-refractivity contribution in [3.63, 3.8) is 0 Å². The fourth-order valence-corrected chi connectivity index (χ4v) is 8.74. The molecule has 0 saturated carbocycles. The van der Waals surface area contributed by atoms with Crippen LogP contribution in [-0.4, -0.2) is 33.1 Å². The maximum Gasteiger partial charge on any atom is 0.150 e. The van der Waals surface area contributed by atoms with Gasteiger partial charge >= 0.3 is 0 Å². The lowest BCUT2D eigenvalue weighted by Gasteiger charge is -2.12. The van der Waals surface area contributed by atoms with Crippen LogP contribution in [0.2, 0.25) is 10.3 Å². The van der Waals surface area contributed by atoms with Gasteiger partial charge in [-0.15, -0.1) is 22.7 Å². The summed E-state index contributed by atoms with van der Waals surface area (Å²) in [4.78, 5) is 20.5. The highest BCUT2D eigenvalue weighted by Crippen LogP contribution is 2.46. The minimum atomic E-state index is 0.450. The first kappa shape index (κ1) is 30.2. The molecule has 0 fully saturated rings. The van der Waals surface area contributed by atoms with Gasteiger partial charge in [-0.3, -0.25) is 0 Å². The van der Waals surface area contributed by atoms with Gasteiger partial charge in [0.25, 0.3) is 0 Å². The molecule has 2 aromatic carbocycles. The van der Waals surface area contributed by atoms with Crippen molar-refractivity contribution in [3.05, 3.63) is 81.1 Å². The van der Waals surface area contributed by atoms with Gasteiger partial charge in [0.15, 0.2) is 5.15 Å². The predicted molar refractivity (Wildman–Crippen MR) is 183 cm³/mol. The van der Waals surface area contributed by atoms with Crippen LogP contribution < -0.4 is 9.47 Å². The monoisotopic (exact) mass is 712 g/mol. The van der Waals surface area contributed by atoms with Gasteiger partial charge in [-0.25, -0.2) is 19.9 Å². The van der Waals surface area contributed by atoms with Gasteiger partial charge < -0.3 is 9.47 Å². The van der Waals surface area contributed by atoms with Gasteiger partial charge in [0, 0.05) is 38.2 Å². The van der Waals surface area contributed by atoms with E-state index in [1.54, 1.807) is 22.7 Å². The number of hydrogen-bond donors (Lipinski definition) is 0. The molecule has 6 aromatic rings. The molecule has 4 heterocycles. The number of halogens is 3. The number of benzene rings is 2. The summed E-state index contributed by atoms with van der Waals surface area (Å²) in [6, 6.07) is 12.5. The Morgan fingerprint density at radius 1 is 0.791 bits per heavy atom. The van der Waals surface area contributed by atoms with Crippen LogP contribution in [0.25, 0.3) is 41.3 Å². The number of nitrogens with zero attached hydrogens (tertiary/aromatic N) is 4. The third-order valence-corrected chi connectivity index (χ3v) is 11.0. The van der Waals surface area contributed by atoms with Crippen molar-refractivity contribution in [3.8, 4) is 32.4 Å². The molecule has 0 radical (unpaired) electrons. The lowest BCUT2D eigenvalue weighted by atomic mass is 10.0. The van der Waals surface area contributed by atoms with Crippen LogP contribution in [0.1, 0.15) is 41.9 Å². The van der Waals surface area contributed by atoms with Gasteiger partial charge in [0.05, 0.1) is 33.6 Å². The van der Waals surface area contributed by atoms with Crippen molar-refractivity contribution < 1.29 is 9.47 Å². The minimum Gasteiger partial charge on any atom is -0.493 e. The minimum absolute atomic E-state index is 0.450. The zero-order valence-corrected chi connectivity index (χ0v) is 28.7. The van der Waals surface area contributed by atoms with Crippen LogP contribution in [0.4, 0.5) is 0 Å². The van der Waals surface area contributed by atoms with E-state index in [0.717, 1.165) is 75.1 Å². The van der Waals surface area contributed by atoms with E-state index in [1.807, 2.05) is 13.8 Å². The largest absolute Gasteiger partial charge is 0.493 e. The lowest BCUT2D eigenvalue weighted by Crippen LogP contribution is -2.00. The van der Waals surface area contributed by atoms with Crippen molar-refractivity contribution in [2.75, 3.05) is 13.2 Å². The maximum absolute atomic E-state index is 6.78. The van der Waals surface area contributed by atoms with Gasteiger partial charge in [-0.05, 0) is 68.7 Å². The fourth-order valence-electron chi connectivity index (χ4n) is 5.12. The second-order valence-electron chi connectivity index (χ2n) is 9.92. The molecule has 6 rings (SSSR count). The SMILES string of the molecule is CCOc1cc(C)ccc1-c1sc2c(Cl)nc(Cc3ccc(-c4sc5c(Cl)ncnc5c4CBr)c(OCC)c3)nc2c1C. The Morgan fingerprint density at radius 2 is 1.47 bits per heavy atom. The van der Waals surface area contributed by atoms with E-state index in [2.05, 4.69) is 76.1 Å². The molecule has 0 N–H and O–H groups in total. The first-order valence-corrected chi connectivity index (χ1v) is 17.3. The Balaban J connectivity index is 1.38. The molecule has 6 nitrogen and oxygen atoms in total. The van der Waals surface area contributed by atoms with Gasteiger partial charge in [0.2, 0.25) is 0 Å². The fraction of sp³-hybridized carbons (Fsp3) is 0.250. The molecule has 220 valence electrons. The number of alkyl halides is 1. The summed E-state index contributed by atoms with van der Waals surface area (Å²) in [6.45, 7) is 9.25. The molecule has 0 amide bonds. The second kappa shape index (κ2) is 12.7. The highest BCUT2D eigenvalue weighted by atomic mass is 79.9. The van der Waals surface area contributed by atoms with Crippen molar-refractivity contribution >= 4 is 82.2 Å². The van der Waals surface area contributed by atoms with E-state index in [9.17, 15) is 0 Å². The number of ether oxygens (including phenoxy) is 2. The van der Waals surface area contributed by atoms with E-state index in [4.69, 9.17) is 42.6 Å². The highest BCUT2D eigenvalue weighted by molar-refractivity contribution is 9.08. The number of aromatic nitrogens is 4. The first-order valence-electron chi connectivity index (χ1n) is 13.8. The van der Waals surface area contributed by atoms with Crippen molar-refractivity contribution in [1.29, 1.82) is 0 Å². The summed E-state index contributed by atoms with van der Waals surface area (Å²) in [5.74, 6) is 2.29. The first-order chi connectivity index (χ1) is 20.8. The Hall–Kier alpha value is -2.82. The van der Waals surface area contributed by atoms with E-state index in [-0.39, 0.29) is 0 Å². The molecular weight excluding hydrogens is 687 g/mol. The summed E-state index contributed by atoms with van der Waals surface area (Å²) < 4.78 is 13.9. The molecule has 0 aliphatic heterocycles. The number of rotatable bonds is 9. The molecule has 43 heavy (non-hydrogen) atoms. The molecule has 11 heteroatoms. The molecular formula is C32H27BrCl2N4O2S2. The number of fused-ring (bicyclic) bond motifs is 2. The Bertz CT molecular complexity index is 1990. The summed E-state index contributed by atoms with van der Waals surface area (Å²) in [5, 5.41) is 1.54. The molecule has 0 aliphatic rings. The zero-order valence-electron chi connectivity index (χ0n) is 23.9. The van der Waals surface area contributed by atoms with E-state index in [1.165, 1.54) is 6.33 Å². The van der Waals surface area contributed by atoms with E-state index >= 15 is 0 Å². The standard InChI is InChI=1S/C32H27BrCl2N4O2S2/c1-5-40-22-11-16(3)7-9-19(22)27-17(4)25-29(42-27)32(35)39-24(38-25)13-18-8-10-20(23(12-18)41-6-2)28-21(14-33)26-30(43-28)31(34)37-15-36-26/h7-12,15H,5-6,13-14H2,1-4H3. The van der Waals surface area contributed by atoms with Gasteiger partial charge in [-0.1, -0.05) is 51.3 Å². The van der Waals surface area contributed by atoms with Gasteiger partial charge in [-0.2, -0.15) is 0 Å². The Labute approximate surface area is 276 Å². The third-order valence-electron chi connectivity index (χ3n) is 7.06. The van der Waals surface area contributed by atoms with Crippen molar-refractivity contribution in [2.24, 2.45) is 0 Å². The summed E-state index contributed by atoms with van der Waals surface area (Å²) >= 11 is 20.0. The van der Waals surface area contributed by atoms with Crippen molar-refractivity contribution in [2.45, 2.75) is 39.4 Å². The van der Waals surface area contributed by atoms with E-state index in [0.29, 0.717) is 41.1 Å². The quantitative estimate of drug-likeness (QED) is 0.110. The molecule has 0 spiro atoms. The average molecular weight is 715 g/mol. The normalized spacial score (nSPS) is 11.5. The summed E-state index contributed by atoms with van der Waals surface area (Å²) in [6.07, 6.45) is 2.00. The maximum atomic E-state index is 6.78. The van der Waals surface area contributed by atoms with Crippen LogP contribution in [0, 0.1) is 13.8 Å². The number of hydrogen-bond acceptors (Lipinski definition) is 8. The van der Waals surface area contributed by atoms with Crippen LogP contribution >= 0.6 is 61.8 Å². The topological polar surface area (TPSA) is 70.0 Å². The number of thiophene rings is 2. The zero-order chi connectivity index (χ0) is 30.2. The second-order valence-corrected chi connectivity index (χ2v) is 13.2. The van der Waals surface area contributed by atoms with Crippen LogP contribution in [0.5, 0.6) is 11.5 Å². The lowest BCUT2D eigenvalue weighted by molar-refractivity contribution is 0.341. The van der Waals surface area contributed by atoms with E-state index < -0.39 is 0 Å².